The highest BCUT2D eigenvalue weighted by atomic mass is 79.9. The van der Waals surface area contributed by atoms with Crippen molar-refractivity contribution in [2.24, 2.45) is 0 Å². The molecule has 0 radical (unpaired) electrons. The quantitative estimate of drug-likeness (QED) is 0.926. The lowest BCUT2D eigenvalue weighted by Gasteiger charge is -2.03. The molecule has 1 aliphatic rings. The lowest BCUT2D eigenvalue weighted by atomic mass is 10.2. The third-order valence-electron chi connectivity index (χ3n) is 2.88. The number of H-pyrrole nitrogens is 1. The van der Waals surface area contributed by atoms with Gasteiger partial charge in [-0.2, -0.15) is 11.8 Å². The van der Waals surface area contributed by atoms with Crippen molar-refractivity contribution >= 4 is 27.7 Å². The van der Waals surface area contributed by atoms with E-state index in [0.29, 0.717) is 6.54 Å². The van der Waals surface area contributed by atoms with Gasteiger partial charge >= 0.3 is 0 Å². The van der Waals surface area contributed by atoms with Crippen molar-refractivity contribution < 1.29 is 0 Å². The Balaban J connectivity index is 1.91. The monoisotopic (exact) mass is 310 g/mol. The summed E-state index contributed by atoms with van der Waals surface area (Å²) in [6, 6.07) is 8.04. The van der Waals surface area contributed by atoms with Crippen molar-refractivity contribution in [3.05, 3.63) is 55.9 Å². The molecule has 2 aromatic rings. The second kappa shape index (κ2) is 4.38. The standard InChI is InChI=1S/C12H11BrN2OS/c13-9-3-1-8(2-4-9)5-15-12(16)10-6-17-7-11(10)14-15/h1-4,14H,5-7H2. The van der Waals surface area contributed by atoms with Gasteiger partial charge in [-0.15, -0.1) is 0 Å². The number of nitrogens with one attached hydrogen (secondary N) is 1. The second-order valence-electron chi connectivity index (χ2n) is 4.08. The molecule has 0 unspecified atom stereocenters. The van der Waals surface area contributed by atoms with Crippen LogP contribution < -0.4 is 5.56 Å². The lowest BCUT2D eigenvalue weighted by molar-refractivity contribution is 0.655. The fraction of sp³-hybridized carbons (Fsp3) is 0.250. The van der Waals surface area contributed by atoms with E-state index in [4.69, 9.17) is 0 Å². The number of benzene rings is 1. The van der Waals surface area contributed by atoms with E-state index in [-0.39, 0.29) is 5.56 Å². The average Bonchev–Trinajstić information content (AvgIpc) is 2.87. The van der Waals surface area contributed by atoms with E-state index < -0.39 is 0 Å². The summed E-state index contributed by atoms with van der Waals surface area (Å²) in [5, 5.41) is 3.20. The number of aromatic nitrogens is 2. The molecule has 0 bridgehead atoms. The first kappa shape index (κ1) is 11.2. The Labute approximate surface area is 111 Å². The molecule has 0 amide bonds. The van der Waals surface area contributed by atoms with Gasteiger partial charge in [0.25, 0.3) is 5.56 Å². The molecule has 17 heavy (non-hydrogen) atoms. The van der Waals surface area contributed by atoms with Crippen LogP contribution in [-0.2, 0) is 18.1 Å². The predicted molar refractivity (Wildman–Crippen MR) is 73.3 cm³/mol. The van der Waals surface area contributed by atoms with Crippen LogP contribution in [0.4, 0.5) is 0 Å². The predicted octanol–water partition coefficient (Wildman–Crippen LogP) is 2.73. The minimum Gasteiger partial charge on any atom is -0.298 e. The number of hydrogen-bond acceptors (Lipinski definition) is 2. The van der Waals surface area contributed by atoms with Gasteiger partial charge in [-0.25, -0.2) is 4.68 Å². The molecule has 1 aliphatic heterocycles. The molecule has 2 heterocycles. The van der Waals surface area contributed by atoms with Crippen molar-refractivity contribution in [1.82, 2.24) is 9.78 Å². The number of hydrogen-bond donors (Lipinski definition) is 1. The minimum atomic E-state index is 0.132. The van der Waals surface area contributed by atoms with Crippen LogP contribution in [-0.4, -0.2) is 9.78 Å². The molecule has 1 aromatic heterocycles. The van der Waals surface area contributed by atoms with Crippen LogP contribution in [0.15, 0.2) is 33.5 Å². The molecule has 0 aliphatic carbocycles. The molecular weight excluding hydrogens is 300 g/mol. The van der Waals surface area contributed by atoms with E-state index in [1.54, 1.807) is 16.4 Å². The third kappa shape index (κ3) is 2.09. The highest BCUT2D eigenvalue weighted by Gasteiger charge is 2.19. The summed E-state index contributed by atoms with van der Waals surface area (Å²) in [5.74, 6) is 1.77. The van der Waals surface area contributed by atoms with Crippen LogP contribution in [0.25, 0.3) is 0 Å². The highest BCUT2D eigenvalue weighted by molar-refractivity contribution is 9.10. The van der Waals surface area contributed by atoms with Crippen molar-refractivity contribution in [3.63, 3.8) is 0 Å². The van der Waals surface area contributed by atoms with Crippen LogP contribution in [0, 0.1) is 0 Å². The van der Waals surface area contributed by atoms with Gasteiger partial charge in [0.05, 0.1) is 17.8 Å². The lowest BCUT2D eigenvalue weighted by Crippen LogP contribution is -2.19. The van der Waals surface area contributed by atoms with E-state index in [1.807, 2.05) is 24.3 Å². The number of halogens is 1. The van der Waals surface area contributed by atoms with Gasteiger partial charge in [0, 0.05) is 16.0 Å². The Morgan fingerprint density at radius 1 is 1.29 bits per heavy atom. The van der Waals surface area contributed by atoms with Crippen LogP contribution in [0.5, 0.6) is 0 Å². The van der Waals surface area contributed by atoms with E-state index in [9.17, 15) is 4.79 Å². The Morgan fingerprint density at radius 3 is 2.76 bits per heavy atom. The number of aromatic amines is 1. The maximum Gasteiger partial charge on any atom is 0.271 e. The Kier molecular flexibility index (Phi) is 2.88. The van der Waals surface area contributed by atoms with Gasteiger partial charge in [-0.1, -0.05) is 28.1 Å². The normalized spacial score (nSPS) is 13.9. The van der Waals surface area contributed by atoms with Crippen LogP contribution in [0.1, 0.15) is 16.8 Å². The maximum atomic E-state index is 12.0. The first-order valence-electron chi connectivity index (χ1n) is 5.37. The maximum absolute atomic E-state index is 12.0. The zero-order valence-corrected chi connectivity index (χ0v) is 11.5. The van der Waals surface area contributed by atoms with Gasteiger partial charge in [-0.05, 0) is 17.7 Å². The molecule has 0 spiro atoms. The molecule has 0 saturated heterocycles. The molecule has 3 rings (SSSR count). The highest BCUT2D eigenvalue weighted by Crippen LogP contribution is 2.25. The largest absolute Gasteiger partial charge is 0.298 e. The molecule has 0 saturated carbocycles. The van der Waals surface area contributed by atoms with E-state index in [0.717, 1.165) is 32.8 Å². The summed E-state index contributed by atoms with van der Waals surface area (Å²) in [4.78, 5) is 12.0. The van der Waals surface area contributed by atoms with Crippen LogP contribution in [0.3, 0.4) is 0 Å². The first-order valence-corrected chi connectivity index (χ1v) is 7.31. The van der Waals surface area contributed by atoms with Crippen molar-refractivity contribution in [3.8, 4) is 0 Å². The summed E-state index contributed by atoms with van der Waals surface area (Å²) in [5.41, 5.74) is 3.31. The molecule has 0 atom stereocenters. The summed E-state index contributed by atoms with van der Waals surface area (Å²) in [6.07, 6.45) is 0. The topological polar surface area (TPSA) is 37.8 Å². The summed E-state index contributed by atoms with van der Waals surface area (Å²) >= 11 is 5.19. The van der Waals surface area contributed by atoms with Crippen molar-refractivity contribution in [1.29, 1.82) is 0 Å². The van der Waals surface area contributed by atoms with Crippen molar-refractivity contribution in [2.45, 2.75) is 18.1 Å². The Morgan fingerprint density at radius 2 is 2.06 bits per heavy atom. The Hall–Kier alpha value is -0.940. The molecule has 5 heteroatoms. The summed E-state index contributed by atoms with van der Waals surface area (Å²) in [7, 11) is 0. The average molecular weight is 311 g/mol. The second-order valence-corrected chi connectivity index (χ2v) is 5.98. The van der Waals surface area contributed by atoms with Crippen LogP contribution in [0.2, 0.25) is 0 Å². The van der Waals surface area contributed by atoms with Gasteiger partial charge in [0.1, 0.15) is 0 Å². The van der Waals surface area contributed by atoms with Gasteiger partial charge in [0.15, 0.2) is 0 Å². The molecule has 1 N–H and O–H groups in total. The van der Waals surface area contributed by atoms with Gasteiger partial charge in [0.2, 0.25) is 0 Å². The number of rotatable bonds is 2. The van der Waals surface area contributed by atoms with E-state index >= 15 is 0 Å². The zero-order chi connectivity index (χ0) is 11.8. The van der Waals surface area contributed by atoms with E-state index in [2.05, 4.69) is 21.0 Å². The van der Waals surface area contributed by atoms with E-state index in [1.165, 1.54) is 0 Å². The Bertz CT molecular complexity index is 600. The minimum absolute atomic E-state index is 0.132. The van der Waals surface area contributed by atoms with Gasteiger partial charge < -0.3 is 0 Å². The molecule has 0 fully saturated rings. The zero-order valence-electron chi connectivity index (χ0n) is 9.07. The summed E-state index contributed by atoms with van der Waals surface area (Å²) in [6.45, 7) is 0.615. The fourth-order valence-electron chi connectivity index (χ4n) is 1.98. The fourth-order valence-corrected chi connectivity index (χ4v) is 3.29. The molecule has 1 aromatic carbocycles. The van der Waals surface area contributed by atoms with Crippen molar-refractivity contribution in [2.75, 3.05) is 0 Å². The molecular formula is C12H11BrN2OS. The molecule has 88 valence electrons. The number of nitrogens with zero attached hydrogens (tertiary/aromatic N) is 1. The number of thioether (sulfide) groups is 1. The SMILES string of the molecule is O=c1c2c([nH]n1Cc1ccc(Br)cc1)CSC2. The smallest absolute Gasteiger partial charge is 0.271 e. The van der Waals surface area contributed by atoms with Crippen LogP contribution >= 0.6 is 27.7 Å². The summed E-state index contributed by atoms with van der Waals surface area (Å²) < 4.78 is 2.76. The van der Waals surface area contributed by atoms with Gasteiger partial charge in [-0.3, -0.25) is 9.89 Å². The molecule has 3 nitrogen and oxygen atoms in total. The number of fused-ring (bicyclic) bond motifs is 1. The first-order chi connectivity index (χ1) is 8.24. The third-order valence-corrected chi connectivity index (χ3v) is 4.40.